The second-order valence-corrected chi connectivity index (χ2v) is 10.6. The van der Waals surface area contributed by atoms with Gasteiger partial charge in [-0.1, -0.05) is 66.2 Å². The van der Waals surface area contributed by atoms with Gasteiger partial charge in [-0.15, -0.1) is 0 Å². The Hall–Kier alpha value is -2.48. The summed E-state index contributed by atoms with van der Waals surface area (Å²) in [7, 11) is -7.91. The van der Waals surface area contributed by atoms with E-state index in [0.29, 0.717) is 6.42 Å². The van der Waals surface area contributed by atoms with Gasteiger partial charge in [-0.25, -0.2) is 16.8 Å². The highest BCUT2D eigenvalue weighted by atomic mass is 32.2. The Morgan fingerprint density at radius 3 is 1.86 bits per heavy atom. The first-order valence-corrected chi connectivity index (χ1v) is 12.2. The zero-order chi connectivity index (χ0) is 20.9. The first kappa shape index (κ1) is 21.2. The van der Waals surface area contributed by atoms with Crippen LogP contribution in [0.3, 0.4) is 0 Å². The van der Waals surface area contributed by atoms with Gasteiger partial charge in [0.15, 0.2) is 9.84 Å². The molecule has 0 spiro atoms. The maximum atomic E-state index is 13.2. The summed E-state index contributed by atoms with van der Waals surface area (Å²) in [4.78, 5) is 0.126. The largest absolute Gasteiger partial charge is 0.241 e. The summed E-state index contributed by atoms with van der Waals surface area (Å²) in [5.41, 5.74) is 1.86. The number of sulfonamides is 1. The van der Waals surface area contributed by atoms with Gasteiger partial charge in [-0.2, -0.15) is 4.72 Å². The van der Waals surface area contributed by atoms with Crippen molar-refractivity contribution in [2.24, 2.45) is 0 Å². The fraction of sp³-hybridized carbons (Fsp3) is 0.182. The highest BCUT2D eigenvalue weighted by molar-refractivity contribution is 7.94. The lowest BCUT2D eigenvalue weighted by Crippen LogP contribution is -2.41. The zero-order valence-electron chi connectivity index (χ0n) is 16.0. The molecule has 1 atom stereocenters. The van der Waals surface area contributed by atoms with Crippen LogP contribution in [0.5, 0.6) is 0 Å². The lowest BCUT2D eigenvalue weighted by Gasteiger charge is -2.20. The maximum absolute atomic E-state index is 13.2. The van der Waals surface area contributed by atoms with Crippen molar-refractivity contribution in [1.29, 1.82) is 0 Å². The summed E-state index contributed by atoms with van der Waals surface area (Å²) in [5, 5.41) is -1.28. The number of hydrogen-bond donors (Lipinski definition) is 1. The summed E-state index contributed by atoms with van der Waals surface area (Å²) < 4.78 is 54.5. The Kier molecular flexibility index (Phi) is 6.52. The van der Waals surface area contributed by atoms with Crippen LogP contribution in [0.15, 0.2) is 94.7 Å². The number of benzene rings is 3. The van der Waals surface area contributed by atoms with Crippen LogP contribution in [0.4, 0.5) is 0 Å². The second kappa shape index (κ2) is 8.90. The van der Waals surface area contributed by atoms with Crippen LogP contribution in [0.1, 0.15) is 17.5 Å². The molecule has 0 saturated heterocycles. The first-order chi connectivity index (χ1) is 13.8. The molecular formula is C22H23NO4S2. The molecule has 0 fully saturated rings. The third-order valence-electron chi connectivity index (χ3n) is 4.60. The third-order valence-corrected chi connectivity index (χ3v) is 8.27. The van der Waals surface area contributed by atoms with Crippen LogP contribution in [0, 0.1) is 6.92 Å². The third kappa shape index (κ3) is 5.32. The Balaban J connectivity index is 1.92. The quantitative estimate of drug-likeness (QED) is 0.592. The van der Waals surface area contributed by atoms with Gasteiger partial charge in [0.25, 0.3) is 0 Å². The first-order valence-electron chi connectivity index (χ1n) is 9.21. The molecule has 3 aromatic carbocycles. The Morgan fingerprint density at radius 1 is 0.724 bits per heavy atom. The van der Waals surface area contributed by atoms with Gasteiger partial charge in [0.05, 0.1) is 9.79 Å². The van der Waals surface area contributed by atoms with E-state index in [1.165, 1.54) is 24.3 Å². The Labute approximate surface area is 172 Å². The molecule has 3 rings (SSSR count). The van der Waals surface area contributed by atoms with E-state index in [1.807, 2.05) is 37.3 Å². The van der Waals surface area contributed by atoms with Gasteiger partial charge in [0.1, 0.15) is 5.37 Å². The predicted molar refractivity (Wildman–Crippen MR) is 114 cm³/mol. The molecule has 0 heterocycles. The fourth-order valence-electron chi connectivity index (χ4n) is 2.95. The van der Waals surface area contributed by atoms with E-state index in [-0.39, 0.29) is 16.2 Å². The minimum absolute atomic E-state index is 0.0380. The summed E-state index contributed by atoms with van der Waals surface area (Å²) >= 11 is 0. The van der Waals surface area contributed by atoms with E-state index >= 15 is 0 Å². The topological polar surface area (TPSA) is 80.3 Å². The molecule has 0 bridgehead atoms. The molecule has 0 amide bonds. The molecule has 7 heteroatoms. The zero-order valence-corrected chi connectivity index (χ0v) is 17.7. The van der Waals surface area contributed by atoms with Crippen LogP contribution in [-0.2, 0) is 26.3 Å². The van der Waals surface area contributed by atoms with E-state index in [1.54, 1.807) is 30.3 Å². The van der Waals surface area contributed by atoms with Crippen LogP contribution < -0.4 is 4.72 Å². The summed E-state index contributed by atoms with van der Waals surface area (Å²) in [6, 6.07) is 23.6. The normalized spacial score (nSPS) is 13.1. The van der Waals surface area contributed by atoms with Crippen molar-refractivity contribution in [3.63, 3.8) is 0 Å². The maximum Gasteiger partial charge on any atom is 0.241 e. The SMILES string of the molecule is Cc1ccc(S(=O)(=O)NC(CCc2ccccc2)S(=O)(=O)c2ccccc2)cc1. The average Bonchev–Trinajstić information content (AvgIpc) is 2.72. The van der Waals surface area contributed by atoms with Crippen LogP contribution in [0.25, 0.3) is 0 Å². The van der Waals surface area contributed by atoms with Crippen molar-refractivity contribution in [3.8, 4) is 0 Å². The highest BCUT2D eigenvalue weighted by Crippen LogP contribution is 2.21. The Bertz CT molecular complexity index is 1140. The Morgan fingerprint density at radius 2 is 1.28 bits per heavy atom. The smallest absolute Gasteiger partial charge is 0.222 e. The van der Waals surface area contributed by atoms with Crippen molar-refractivity contribution >= 4 is 19.9 Å². The lowest BCUT2D eigenvalue weighted by molar-refractivity contribution is 0.544. The molecule has 0 aliphatic heterocycles. The van der Waals surface area contributed by atoms with Crippen LogP contribution in [0.2, 0.25) is 0 Å². The van der Waals surface area contributed by atoms with Gasteiger partial charge in [-0.3, -0.25) is 0 Å². The average molecular weight is 430 g/mol. The molecule has 0 aliphatic rings. The summed E-state index contributed by atoms with van der Waals surface area (Å²) in [6.45, 7) is 1.85. The van der Waals surface area contributed by atoms with Gasteiger partial charge in [-0.05, 0) is 49.6 Å². The van der Waals surface area contributed by atoms with Crippen molar-refractivity contribution in [3.05, 3.63) is 96.1 Å². The van der Waals surface area contributed by atoms with Crippen molar-refractivity contribution in [2.45, 2.75) is 34.9 Å². The number of nitrogens with one attached hydrogen (secondary N) is 1. The monoisotopic (exact) mass is 429 g/mol. The van der Waals surface area contributed by atoms with Crippen molar-refractivity contribution < 1.29 is 16.8 Å². The van der Waals surface area contributed by atoms with Gasteiger partial charge in [0, 0.05) is 0 Å². The lowest BCUT2D eigenvalue weighted by atomic mass is 10.1. The molecule has 1 unspecified atom stereocenters. The molecule has 152 valence electrons. The molecule has 1 N–H and O–H groups in total. The van der Waals surface area contributed by atoms with Gasteiger partial charge >= 0.3 is 0 Å². The molecule has 0 aliphatic carbocycles. The van der Waals surface area contributed by atoms with Crippen molar-refractivity contribution in [2.75, 3.05) is 0 Å². The molecule has 0 radical (unpaired) electrons. The van der Waals surface area contributed by atoms with E-state index in [0.717, 1.165) is 11.1 Å². The second-order valence-electron chi connectivity index (χ2n) is 6.81. The van der Waals surface area contributed by atoms with E-state index in [9.17, 15) is 16.8 Å². The summed E-state index contributed by atoms with van der Waals surface area (Å²) in [6.07, 6.45) is 0.542. The molecule has 29 heavy (non-hydrogen) atoms. The standard InChI is InChI=1S/C22H23NO4S2/c1-18-12-15-21(16-13-18)29(26,27)23-22(17-14-19-8-4-2-5-9-19)28(24,25)20-10-6-3-7-11-20/h2-13,15-16,22-23H,14,17H2,1H3. The van der Waals surface area contributed by atoms with E-state index in [2.05, 4.69) is 4.72 Å². The molecule has 0 saturated carbocycles. The van der Waals surface area contributed by atoms with Crippen molar-refractivity contribution in [1.82, 2.24) is 4.72 Å². The minimum Gasteiger partial charge on any atom is -0.222 e. The van der Waals surface area contributed by atoms with E-state index in [4.69, 9.17) is 0 Å². The molecule has 0 aromatic heterocycles. The number of hydrogen-bond acceptors (Lipinski definition) is 4. The number of rotatable bonds is 8. The van der Waals surface area contributed by atoms with Gasteiger partial charge < -0.3 is 0 Å². The highest BCUT2D eigenvalue weighted by Gasteiger charge is 2.31. The molecular weight excluding hydrogens is 406 g/mol. The summed E-state index contributed by atoms with van der Waals surface area (Å²) in [5.74, 6) is 0. The fourth-order valence-corrected chi connectivity index (χ4v) is 6.23. The number of aryl methyl sites for hydroxylation is 2. The van der Waals surface area contributed by atoms with E-state index < -0.39 is 25.2 Å². The van der Waals surface area contributed by atoms with Gasteiger partial charge in [0.2, 0.25) is 10.0 Å². The molecule has 3 aromatic rings. The number of sulfone groups is 1. The van der Waals surface area contributed by atoms with Crippen LogP contribution in [-0.4, -0.2) is 22.2 Å². The molecule has 5 nitrogen and oxygen atoms in total. The van der Waals surface area contributed by atoms with Crippen LogP contribution >= 0.6 is 0 Å². The predicted octanol–water partition coefficient (Wildman–Crippen LogP) is 3.71. The minimum atomic E-state index is -4.00.